The second-order valence-electron chi connectivity index (χ2n) is 6.95. The van der Waals surface area contributed by atoms with E-state index in [2.05, 4.69) is 15.5 Å². The third kappa shape index (κ3) is 3.47. The minimum atomic E-state index is -0.452. The van der Waals surface area contributed by atoms with Crippen LogP contribution < -0.4 is 10.1 Å². The van der Waals surface area contributed by atoms with Gasteiger partial charge in [0, 0.05) is 24.5 Å². The van der Waals surface area contributed by atoms with Gasteiger partial charge in [-0.15, -0.1) is 0 Å². The maximum Gasteiger partial charge on any atom is 0.142 e. The molecule has 5 rings (SSSR count). The monoisotopic (exact) mass is 412 g/mol. The molecular formula is C21H18ClFN4O2. The zero-order valence-electron chi connectivity index (χ0n) is 15.4. The number of halogens is 2. The van der Waals surface area contributed by atoms with E-state index in [-0.39, 0.29) is 16.7 Å². The molecule has 8 heteroatoms. The first-order valence-electron chi connectivity index (χ1n) is 9.41. The summed E-state index contributed by atoms with van der Waals surface area (Å²) in [6, 6.07) is 10.3. The Hall–Kier alpha value is -2.90. The number of aromatic amines is 1. The first-order chi connectivity index (χ1) is 14.2. The van der Waals surface area contributed by atoms with Gasteiger partial charge in [0.2, 0.25) is 0 Å². The topological polar surface area (TPSA) is 71.5 Å². The van der Waals surface area contributed by atoms with Gasteiger partial charge in [-0.3, -0.25) is 5.10 Å². The average molecular weight is 413 g/mol. The van der Waals surface area contributed by atoms with Gasteiger partial charge >= 0.3 is 0 Å². The molecule has 2 aromatic carbocycles. The van der Waals surface area contributed by atoms with E-state index in [0.717, 1.165) is 24.1 Å². The number of amidine groups is 1. The highest BCUT2D eigenvalue weighted by molar-refractivity contribution is 6.35. The van der Waals surface area contributed by atoms with E-state index in [1.165, 1.54) is 6.07 Å². The Morgan fingerprint density at radius 1 is 1.17 bits per heavy atom. The molecule has 0 radical (unpaired) electrons. The minimum Gasteiger partial charge on any atom is -0.490 e. The minimum absolute atomic E-state index is 0.109. The van der Waals surface area contributed by atoms with E-state index in [4.69, 9.17) is 26.1 Å². The molecule has 148 valence electrons. The summed E-state index contributed by atoms with van der Waals surface area (Å²) in [5.41, 5.74) is 3.15. The summed E-state index contributed by atoms with van der Waals surface area (Å²) in [6.45, 7) is 1.40. The second kappa shape index (κ2) is 7.50. The lowest BCUT2D eigenvalue weighted by Crippen LogP contribution is -2.25. The molecule has 29 heavy (non-hydrogen) atoms. The first kappa shape index (κ1) is 18.1. The van der Waals surface area contributed by atoms with Crippen LogP contribution in [0.5, 0.6) is 5.75 Å². The van der Waals surface area contributed by atoms with Gasteiger partial charge in [-0.1, -0.05) is 17.7 Å². The Bertz CT molecular complexity index is 1070. The van der Waals surface area contributed by atoms with Gasteiger partial charge < -0.3 is 14.8 Å². The molecule has 1 aromatic heterocycles. The molecule has 2 aliphatic heterocycles. The van der Waals surface area contributed by atoms with Gasteiger partial charge in [0.05, 0.1) is 47.1 Å². The number of hydrogen-bond acceptors (Lipinski definition) is 5. The van der Waals surface area contributed by atoms with E-state index in [1.807, 2.05) is 18.2 Å². The Labute approximate surface area is 171 Å². The quantitative estimate of drug-likeness (QED) is 0.639. The van der Waals surface area contributed by atoms with Crippen molar-refractivity contribution in [3.05, 3.63) is 59.0 Å². The summed E-state index contributed by atoms with van der Waals surface area (Å²) >= 11 is 6.28. The van der Waals surface area contributed by atoms with E-state index in [0.29, 0.717) is 36.2 Å². The molecule has 0 bridgehead atoms. The molecule has 0 aliphatic carbocycles. The summed E-state index contributed by atoms with van der Waals surface area (Å²) in [4.78, 5) is 4.70. The predicted molar refractivity (Wildman–Crippen MR) is 110 cm³/mol. The zero-order valence-corrected chi connectivity index (χ0v) is 16.2. The molecular weight excluding hydrogens is 395 g/mol. The number of H-pyrrole nitrogens is 1. The van der Waals surface area contributed by atoms with Crippen LogP contribution in [0.25, 0.3) is 11.3 Å². The van der Waals surface area contributed by atoms with Crippen molar-refractivity contribution in [2.75, 3.05) is 18.5 Å². The number of nitrogens with one attached hydrogen (secondary N) is 2. The molecule has 1 saturated heterocycles. The molecule has 0 atom stereocenters. The van der Waals surface area contributed by atoms with Gasteiger partial charge in [0.15, 0.2) is 0 Å². The largest absolute Gasteiger partial charge is 0.490 e. The van der Waals surface area contributed by atoms with Crippen molar-refractivity contribution in [1.29, 1.82) is 0 Å². The van der Waals surface area contributed by atoms with E-state index < -0.39 is 5.82 Å². The number of fused-ring (bicyclic) bond motifs is 3. The van der Waals surface area contributed by atoms with Crippen LogP contribution in [-0.2, 0) is 4.74 Å². The van der Waals surface area contributed by atoms with Gasteiger partial charge in [0.25, 0.3) is 0 Å². The first-order valence-corrected chi connectivity index (χ1v) is 9.79. The van der Waals surface area contributed by atoms with Crippen molar-refractivity contribution in [2.24, 2.45) is 4.99 Å². The fourth-order valence-corrected chi connectivity index (χ4v) is 3.83. The highest BCUT2D eigenvalue weighted by Gasteiger charge is 2.23. The zero-order chi connectivity index (χ0) is 19.8. The van der Waals surface area contributed by atoms with Crippen LogP contribution in [0.3, 0.4) is 0 Å². The molecule has 0 amide bonds. The molecule has 0 saturated carbocycles. The number of benzene rings is 2. The highest BCUT2D eigenvalue weighted by atomic mass is 35.5. The number of nitrogens with zero attached hydrogens (tertiary/aromatic N) is 2. The molecule has 2 N–H and O–H groups in total. The number of aromatic nitrogens is 2. The summed E-state index contributed by atoms with van der Waals surface area (Å²) in [5.74, 6) is 0.575. The third-order valence-corrected chi connectivity index (χ3v) is 5.35. The lowest BCUT2D eigenvalue weighted by Gasteiger charge is -2.23. The van der Waals surface area contributed by atoms with E-state index >= 15 is 0 Å². The lowest BCUT2D eigenvalue weighted by atomic mass is 10.1. The summed E-state index contributed by atoms with van der Waals surface area (Å²) in [5, 5.41) is 10.5. The smallest absolute Gasteiger partial charge is 0.142 e. The van der Waals surface area contributed by atoms with Crippen LogP contribution >= 0.6 is 11.6 Å². The maximum atomic E-state index is 14.6. The molecule has 0 unspecified atom stereocenters. The van der Waals surface area contributed by atoms with E-state index in [9.17, 15) is 4.39 Å². The summed E-state index contributed by atoms with van der Waals surface area (Å²) in [7, 11) is 0. The van der Waals surface area contributed by atoms with Gasteiger partial charge in [-0.25, -0.2) is 9.38 Å². The normalized spacial score (nSPS) is 16.3. The van der Waals surface area contributed by atoms with Crippen molar-refractivity contribution < 1.29 is 13.9 Å². The van der Waals surface area contributed by atoms with Crippen molar-refractivity contribution in [2.45, 2.75) is 18.9 Å². The van der Waals surface area contributed by atoms with Crippen molar-refractivity contribution in [3.8, 4) is 17.0 Å². The second-order valence-corrected chi connectivity index (χ2v) is 7.36. The molecule has 3 heterocycles. The van der Waals surface area contributed by atoms with Crippen LogP contribution in [0.1, 0.15) is 18.4 Å². The Balaban J connectivity index is 1.60. The molecule has 1 fully saturated rings. The fourth-order valence-electron chi connectivity index (χ4n) is 3.58. The summed E-state index contributed by atoms with van der Waals surface area (Å²) in [6.07, 6.45) is 3.45. The fraction of sp³-hybridized carbons (Fsp3) is 0.238. The molecule has 6 nitrogen and oxygen atoms in total. The number of hydrogen-bond donors (Lipinski definition) is 2. The van der Waals surface area contributed by atoms with Crippen molar-refractivity contribution in [3.63, 3.8) is 0 Å². The average Bonchev–Trinajstić information content (AvgIpc) is 3.11. The van der Waals surface area contributed by atoms with E-state index in [1.54, 1.807) is 18.3 Å². The SMILES string of the molecule is Fc1cccc(Cl)c1C1=Nc2cc(OC3CCOCC3)ccc2-c2[nH]ncc2N1. The predicted octanol–water partition coefficient (Wildman–Crippen LogP) is 4.93. The lowest BCUT2D eigenvalue weighted by molar-refractivity contribution is 0.0256. The summed E-state index contributed by atoms with van der Waals surface area (Å²) < 4.78 is 26.1. The number of ether oxygens (including phenoxy) is 2. The number of anilines is 1. The van der Waals surface area contributed by atoms with Gasteiger partial charge in [0.1, 0.15) is 23.5 Å². The number of aliphatic imine (C=N–C) groups is 1. The van der Waals surface area contributed by atoms with Gasteiger partial charge in [-0.05, 0) is 24.3 Å². The van der Waals surface area contributed by atoms with Crippen molar-refractivity contribution >= 4 is 28.8 Å². The van der Waals surface area contributed by atoms with Crippen LogP contribution in [-0.4, -0.2) is 35.4 Å². The molecule has 0 spiro atoms. The highest BCUT2D eigenvalue weighted by Crippen LogP contribution is 2.40. The molecule has 2 aliphatic rings. The molecule has 3 aromatic rings. The van der Waals surface area contributed by atoms with Crippen LogP contribution in [0, 0.1) is 5.82 Å². The van der Waals surface area contributed by atoms with Crippen LogP contribution in [0.15, 0.2) is 47.6 Å². The van der Waals surface area contributed by atoms with Crippen molar-refractivity contribution in [1.82, 2.24) is 10.2 Å². The van der Waals surface area contributed by atoms with Crippen LogP contribution in [0.4, 0.5) is 15.8 Å². The number of rotatable bonds is 3. The Morgan fingerprint density at radius 2 is 2.03 bits per heavy atom. The maximum absolute atomic E-state index is 14.6. The Kier molecular flexibility index (Phi) is 4.69. The van der Waals surface area contributed by atoms with Gasteiger partial charge in [-0.2, -0.15) is 5.10 Å². The van der Waals surface area contributed by atoms with Crippen LogP contribution in [0.2, 0.25) is 5.02 Å². The standard InChI is InChI=1S/C21H18ClFN4O2/c22-15-2-1-3-16(23)19(15)21-25-17-10-13(29-12-6-8-28-9-7-12)4-5-14(17)20-18(26-21)11-24-27-20/h1-5,10-12H,6-9H2,(H,24,27)(H,25,26). The third-order valence-electron chi connectivity index (χ3n) is 5.03. The Morgan fingerprint density at radius 3 is 2.86 bits per heavy atom.